The number of sulfonamides is 1. The summed E-state index contributed by atoms with van der Waals surface area (Å²) in [4.78, 5) is 23.4. The first-order chi connectivity index (χ1) is 14.3. The minimum Gasteiger partial charge on any atom is -0.497 e. The molecule has 1 aliphatic rings. The van der Waals surface area contributed by atoms with Crippen molar-refractivity contribution in [2.75, 3.05) is 25.6 Å². The molecule has 0 aromatic heterocycles. The molecule has 8 nitrogen and oxygen atoms in total. The van der Waals surface area contributed by atoms with E-state index in [1.165, 1.54) is 43.9 Å². The van der Waals surface area contributed by atoms with Crippen LogP contribution < -0.4 is 9.04 Å². The van der Waals surface area contributed by atoms with Gasteiger partial charge in [0.25, 0.3) is 10.0 Å². The lowest BCUT2D eigenvalue weighted by atomic mass is 10.0. The molecule has 0 fully saturated rings. The van der Waals surface area contributed by atoms with Crippen LogP contribution >= 0.6 is 0 Å². The highest BCUT2D eigenvalue weighted by atomic mass is 32.2. The van der Waals surface area contributed by atoms with Gasteiger partial charge in [0.15, 0.2) is 0 Å². The van der Waals surface area contributed by atoms with E-state index in [0.29, 0.717) is 22.6 Å². The fourth-order valence-electron chi connectivity index (χ4n) is 3.29. The number of methoxy groups -OCH3 is 3. The predicted octanol–water partition coefficient (Wildman–Crippen LogP) is 2.69. The van der Waals surface area contributed by atoms with Crippen molar-refractivity contribution in [2.45, 2.75) is 17.4 Å². The molecule has 0 spiro atoms. The smallest absolute Gasteiger partial charge is 0.330 e. The van der Waals surface area contributed by atoms with Crippen molar-refractivity contribution in [1.29, 1.82) is 0 Å². The van der Waals surface area contributed by atoms with Gasteiger partial charge in [0, 0.05) is 12.1 Å². The van der Waals surface area contributed by atoms with Gasteiger partial charge in [-0.25, -0.2) is 13.2 Å². The standard InChI is InChI=1S/C21H21NO7S/c1-27-16-6-4-5-15(12-16)22-18(13-21(24)29-3)17-9-7-14(8-10-20(23)28-2)11-19(17)30(22,25)26/h4-12,18H,13H2,1-3H3. The fourth-order valence-corrected chi connectivity index (χ4v) is 5.20. The summed E-state index contributed by atoms with van der Waals surface area (Å²) in [5.41, 5.74) is 1.34. The van der Waals surface area contributed by atoms with E-state index in [2.05, 4.69) is 4.74 Å². The first-order valence-electron chi connectivity index (χ1n) is 8.97. The zero-order valence-electron chi connectivity index (χ0n) is 16.7. The average Bonchev–Trinajstić information content (AvgIpc) is 2.97. The van der Waals surface area contributed by atoms with Crippen LogP contribution in [-0.4, -0.2) is 41.7 Å². The number of esters is 2. The molecule has 1 aliphatic heterocycles. The fraction of sp³-hybridized carbons (Fsp3) is 0.238. The molecule has 0 N–H and O–H groups in total. The maximum Gasteiger partial charge on any atom is 0.330 e. The Labute approximate surface area is 174 Å². The average molecular weight is 431 g/mol. The quantitative estimate of drug-likeness (QED) is 0.512. The van der Waals surface area contributed by atoms with Crippen molar-refractivity contribution >= 4 is 33.7 Å². The van der Waals surface area contributed by atoms with Gasteiger partial charge in [0.2, 0.25) is 0 Å². The predicted molar refractivity (Wildman–Crippen MR) is 110 cm³/mol. The normalized spacial score (nSPS) is 16.9. The molecule has 0 aliphatic carbocycles. The highest BCUT2D eigenvalue weighted by molar-refractivity contribution is 7.93. The van der Waals surface area contributed by atoms with Crippen LogP contribution in [0.5, 0.6) is 5.75 Å². The van der Waals surface area contributed by atoms with E-state index in [9.17, 15) is 18.0 Å². The van der Waals surface area contributed by atoms with Gasteiger partial charge in [-0.2, -0.15) is 0 Å². The summed E-state index contributed by atoms with van der Waals surface area (Å²) >= 11 is 0. The van der Waals surface area contributed by atoms with Crippen molar-refractivity contribution in [3.8, 4) is 5.75 Å². The third kappa shape index (κ3) is 4.02. The summed E-state index contributed by atoms with van der Waals surface area (Å²) < 4.78 is 42.6. The summed E-state index contributed by atoms with van der Waals surface area (Å²) in [6.45, 7) is 0. The van der Waals surface area contributed by atoms with E-state index in [4.69, 9.17) is 9.47 Å². The second kappa shape index (κ2) is 8.58. The topological polar surface area (TPSA) is 99.2 Å². The second-order valence-corrected chi connectivity index (χ2v) is 8.24. The first-order valence-corrected chi connectivity index (χ1v) is 10.4. The molecule has 2 aromatic rings. The lowest BCUT2D eigenvalue weighted by molar-refractivity contribution is -0.141. The van der Waals surface area contributed by atoms with E-state index < -0.39 is 28.0 Å². The monoisotopic (exact) mass is 431 g/mol. The molecule has 1 heterocycles. The molecule has 0 radical (unpaired) electrons. The minimum absolute atomic E-state index is 0.0613. The second-order valence-electron chi connectivity index (χ2n) is 6.45. The maximum atomic E-state index is 13.4. The van der Waals surface area contributed by atoms with Crippen LogP contribution in [0.2, 0.25) is 0 Å². The summed E-state index contributed by atoms with van der Waals surface area (Å²) in [6, 6.07) is 10.6. The highest BCUT2D eigenvalue weighted by Crippen LogP contribution is 2.45. The summed E-state index contributed by atoms with van der Waals surface area (Å²) in [7, 11) is 0.0167. The lowest BCUT2D eigenvalue weighted by Crippen LogP contribution is -2.29. The highest BCUT2D eigenvalue weighted by Gasteiger charge is 2.44. The Bertz CT molecular complexity index is 1110. The lowest BCUT2D eigenvalue weighted by Gasteiger charge is -2.25. The van der Waals surface area contributed by atoms with Gasteiger partial charge in [-0.15, -0.1) is 0 Å². The number of nitrogens with zero attached hydrogens (tertiary/aromatic N) is 1. The van der Waals surface area contributed by atoms with Crippen LogP contribution in [0.1, 0.15) is 23.6 Å². The summed E-state index contributed by atoms with van der Waals surface area (Å²) in [5.74, 6) is -0.609. The van der Waals surface area contributed by atoms with Crippen LogP contribution in [-0.2, 0) is 29.1 Å². The molecule has 3 rings (SSSR count). The van der Waals surface area contributed by atoms with Crippen LogP contribution in [0.15, 0.2) is 53.4 Å². The van der Waals surface area contributed by atoms with E-state index >= 15 is 0 Å². The van der Waals surface area contributed by atoms with Gasteiger partial charge in [-0.3, -0.25) is 9.10 Å². The zero-order chi connectivity index (χ0) is 21.9. The number of carbonyl (C=O) groups excluding carboxylic acids is 2. The molecule has 1 atom stereocenters. The number of carbonyl (C=O) groups is 2. The van der Waals surface area contributed by atoms with Gasteiger partial charge >= 0.3 is 11.9 Å². The molecule has 0 amide bonds. The van der Waals surface area contributed by atoms with Crippen molar-refractivity contribution in [1.82, 2.24) is 0 Å². The maximum absolute atomic E-state index is 13.4. The number of ether oxygens (including phenoxy) is 3. The van der Waals surface area contributed by atoms with Crippen LogP contribution in [0.3, 0.4) is 0 Å². The number of hydrogen-bond donors (Lipinski definition) is 0. The van der Waals surface area contributed by atoms with Crippen LogP contribution in [0.4, 0.5) is 5.69 Å². The van der Waals surface area contributed by atoms with E-state index in [1.807, 2.05) is 0 Å². The molecule has 158 valence electrons. The third-order valence-corrected chi connectivity index (χ3v) is 6.62. The summed E-state index contributed by atoms with van der Waals surface area (Å²) in [6.07, 6.45) is 2.51. The third-order valence-electron chi connectivity index (χ3n) is 4.73. The Morgan fingerprint density at radius 3 is 2.50 bits per heavy atom. The van der Waals surface area contributed by atoms with Crippen LogP contribution in [0, 0.1) is 0 Å². The molecular formula is C21H21NO7S. The minimum atomic E-state index is -3.97. The van der Waals surface area contributed by atoms with E-state index in [-0.39, 0.29) is 11.3 Å². The molecule has 1 unspecified atom stereocenters. The van der Waals surface area contributed by atoms with Gasteiger partial charge in [-0.1, -0.05) is 18.2 Å². The summed E-state index contributed by atoms with van der Waals surface area (Å²) in [5, 5.41) is 0. The Balaban J connectivity index is 2.13. The van der Waals surface area contributed by atoms with Gasteiger partial charge in [0.05, 0.1) is 44.4 Å². The molecule has 9 heteroatoms. The first kappa shape index (κ1) is 21.4. The molecule has 30 heavy (non-hydrogen) atoms. The van der Waals surface area contributed by atoms with Crippen molar-refractivity contribution < 1.29 is 32.2 Å². The number of anilines is 1. The van der Waals surface area contributed by atoms with E-state index in [0.717, 1.165) is 0 Å². The van der Waals surface area contributed by atoms with Crippen molar-refractivity contribution in [3.05, 3.63) is 59.7 Å². The largest absolute Gasteiger partial charge is 0.497 e. The molecule has 0 saturated carbocycles. The Kier molecular flexibility index (Phi) is 6.12. The van der Waals surface area contributed by atoms with Gasteiger partial charge in [0.1, 0.15) is 5.75 Å². The number of rotatable bonds is 6. The zero-order valence-corrected chi connectivity index (χ0v) is 17.5. The van der Waals surface area contributed by atoms with E-state index in [1.54, 1.807) is 36.4 Å². The van der Waals surface area contributed by atoms with Crippen LogP contribution in [0.25, 0.3) is 6.08 Å². The van der Waals surface area contributed by atoms with Crippen molar-refractivity contribution in [3.63, 3.8) is 0 Å². The Morgan fingerprint density at radius 1 is 1.07 bits per heavy atom. The molecule has 2 aromatic carbocycles. The SMILES string of the molecule is COC(=O)C=Cc1ccc2c(c1)S(=O)(=O)N(c1cccc(OC)c1)C2CC(=O)OC. The molecule has 0 bridgehead atoms. The van der Waals surface area contributed by atoms with Crippen molar-refractivity contribution in [2.24, 2.45) is 0 Å². The number of hydrogen-bond acceptors (Lipinski definition) is 7. The number of benzene rings is 2. The number of fused-ring (bicyclic) bond motifs is 1. The molecular weight excluding hydrogens is 410 g/mol. The molecule has 0 saturated heterocycles. The Morgan fingerprint density at radius 2 is 1.83 bits per heavy atom. The van der Waals surface area contributed by atoms with Gasteiger partial charge < -0.3 is 14.2 Å². The Hall–Kier alpha value is -3.33. The van der Waals surface area contributed by atoms with Gasteiger partial charge in [-0.05, 0) is 35.4 Å².